The first-order chi connectivity index (χ1) is 13.5. The lowest BCUT2D eigenvalue weighted by atomic mass is 9.74. The van der Waals surface area contributed by atoms with E-state index < -0.39 is 0 Å². The fourth-order valence-electron chi connectivity index (χ4n) is 4.44. The van der Waals surface area contributed by atoms with Crippen molar-refractivity contribution in [3.63, 3.8) is 0 Å². The van der Waals surface area contributed by atoms with Gasteiger partial charge in [0, 0.05) is 12.0 Å². The summed E-state index contributed by atoms with van der Waals surface area (Å²) in [6.07, 6.45) is 5.30. The molecule has 0 aromatic heterocycles. The van der Waals surface area contributed by atoms with Crippen LogP contribution in [0.2, 0.25) is 0 Å². The Morgan fingerprint density at radius 1 is 1.32 bits per heavy atom. The quantitative estimate of drug-likeness (QED) is 0.464. The molecule has 0 unspecified atom stereocenters. The lowest BCUT2D eigenvalue weighted by Crippen LogP contribution is -2.30. The second-order valence-electron chi connectivity index (χ2n) is 7.37. The van der Waals surface area contributed by atoms with E-state index in [2.05, 4.69) is 17.5 Å². The van der Waals surface area contributed by atoms with Crippen molar-refractivity contribution in [3.05, 3.63) is 74.9 Å². The molecular formula is C22H21N3O3. The minimum absolute atomic E-state index is 0.00778. The average Bonchev–Trinajstić information content (AvgIpc) is 3.18. The third-order valence-electron chi connectivity index (χ3n) is 5.89. The highest BCUT2D eigenvalue weighted by atomic mass is 16.6. The van der Waals surface area contributed by atoms with Crippen LogP contribution in [0.5, 0.6) is 5.75 Å². The molecule has 4 rings (SSSR count). The maximum atomic E-state index is 11.7. The molecule has 28 heavy (non-hydrogen) atoms. The van der Waals surface area contributed by atoms with Crippen LogP contribution in [-0.2, 0) is 0 Å². The Hall–Kier alpha value is -3.33. The Labute approximate surface area is 163 Å². The van der Waals surface area contributed by atoms with Crippen LogP contribution in [0.1, 0.15) is 40.6 Å². The molecule has 2 aliphatic rings. The molecule has 0 spiro atoms. The van der Waals surface area contributed by atoms with Crippen LogP contribution < -0.4 is 10.1 Å². The number of aryl methyl sites for hydroxylation is 1. The van der Waals surface area contributed by atoms with Crippen molar-refractivity contribution in [2.24, 2.45) is 5.92 Å². The van der Waals surface area contributed by atoms with E-state index in [-0.39, 0.29) is 29.2 Å². The number of hydrogen-bond acceptors (Lipinski definition) is 5. The predicted octanol–water partition coefficient (Wildman–Crippen LogP) is 4.94. The molecule has 1 aliphatic heterocycles. The van der Waals surface area contributed by atoms with Crippen molar-refractivity contribution in [1.29, 1.82) is 5.26 Å². The van der Waals surface area contributed by atoms with E-state index in [0.717, 1.165) is 28.7 Å². The number of nitrogens with zero attached hydrogens (tertiary/aromatic N) is 2. The van der Waals surface area contributed by atoms with Crippen LogP contribution >= 0.6 is 0 Å². The second-order valence-corrected chi connectivity index (χ2v) is 7.37. The highest BCUT2D eigenvalue weighted by Gasteiger charge is 2.41. The molecule has 0 saturated heterocycles. The maximum Gasteiger partial charge on any atom is 0.292 e. The summed E-state index contributed by atoms with van der Waals surface area (Å²) in [5, 5.41) is 23.9. The smallest absolute Gasteiger partial charge is 0.292 e. The SMILES string of the molecule is Cc1cc([N+](=O)[O-])c2c(c1C)[C@@H]1C=CC[C@H]1[C@H](c1ccc(OCC#N)cc1)N2. The third kappa shape index (κ3) is 2.89. The number of nitro benzene ring substituents is 1. The Bertz CT molecular complexity index is 1010. The normalized spacial score (nSPS) is 22.0. The van der Waals surface area contributed by atoms with Crippen molar-refractivity contribution in [2.45, 2.75) is 32.2 Å². The lowest BCUT2D eigenvalue weighted by Gasteiger charge is -2.38. The summed E-state index contributed by atoms with van der Waals surface area (Å²) in [7, 11) is 0. The Morgan fingerprint density at radius 3 is 2.75 bits per heavy atom. The molecular weight excluding hydrogens is 354 g/mol. The van der Waals surface area contributed by atoms with Crippen LogP contribution in [0, 0.1) is 41.2 Å². The molecule has 3 atom stereocenters. The molecule has 6 nitrogen and oxygen atoms in total. The van der Waals surface area contributed by atoms with Gasteiger partial charge in [0.25, 0.3) is 5.69 Å². The predicted molar refractivity (Wildman–Crippen MR) is 106 cm³/mol. The maximum absolute atomic E-state index is 11.7. The van der Waals surface area contributed by atoms with E-state index in [1.54, 1.807) is 6.07 Å². The fourth-order valence-corrected chi connectivity index (χ4v) is 4.44. The first-order valence-electron chi connectivity index (χ1n) is 9.32. The summed E-state index contributed by atoms with van der Waals surface area (Å²) < 4.78 is 5.34. The number of nitrogens with one attached hydrogen (secondary N) is 1. The van der Waals surface area contributed by atoms with Gasteiger partial charge in [-0.05, 0) is 60.6 Å². The van der Waals surface area contributed by atoms with Crippen LogP contribution in [0.15, 0.2) is 42.5 Å². The molecule has 142 valence electrons. The molecule has 1 aliphatic carbocycles. The first kappa shape index (κ1) is 18.1. The van der Waals surface area contributed by atoms with Gasteiger partial charge in [-0.25, -0.2) is 0 Å². The highest BCUT2D eigenvalue weighted by Crippen LogP contribution is 2.53. The molecule has 0 amide bonds. The summed E-state index contributed by atoms with van der Waals surface area (Å²) >= 11 is 0. The monoisotopic (exact) mass is 375 g/mol. The van der Waals surface area contributed by atoms with Crippen molar-refractivity contribution < 1.29 is 9.66 Å². The van der Waals surface area contributed by atoms with E-state index in [1.165, 1.54) is 0 Å². The van der Waals surface area contributed by atoms with Gasteiger partial charge in [-0.2, -0.15) is 5.26 Å². The van der Waals surface area contributed by atoms with Gasteiger partial charge in [0.15, 0.2) is 6.61 Å². The number of ether oxygens (including phenoxy) is 1. The van der Waals surface area contributed by atoms with Crippen molar-refractivity contribution >= 4 is 11.4 Å². The zero-order valence-electron chi connectivity index (χ0n) is 15.8. The molecule has 0 radical (unpaired) electrons. The number of fused-ring (bicyclic) bond motifs is 3. The molecule has 2 aromatic rings. The number of anilines is 1. The van der Waals surface area contributed by atoms with Crippen molar-refractivity contribution in [1.82, 2.24) is 0 Å². The standard InChI is InChI=1S/C22H21N3O3/c1-13-12-19(25(26)27)22-20(14(13)2)17-4-3-5-18(17)21(24-22)15-6-8-16(9-7-15)28-11-10-23/h3-4,6-9,12,17-18,21,24H,5,11H2,1-2H3/t17-,18-,21+/m1/s1. The van der Waals surface area contributed by atoms with Crippen molar-refractivity contribution in [3.8, 4) is 11.8 Å². The van der Waals surface area contributed by atoms with Gasteiger partial charge in [0.05, 0.1) is 11.0 Å². The van der Waals surface area contributed by atoms with E-state index in [0.29, 0.717) is 17.4 Å². The van der Waals surface area contributed by atoms with Gasteiger partial charge in [0.2, 0.25) is 0 Å². The number of nitriles is 1. The number of nitro groups is 1. The van der Waals surface area contributed by atoms with Crippen LogP contribution in [0.4, 0.5) is 11.4 Å². The summed E-state index contributed by atoms with van der Waals surface area (Å²) in [6, 6.07) is 11.2. The van der Waals surface area contributed by atoms with E-state index in [1.807, 2.05) is 44.2 Å². The number of hydrogen-bond donors (Lipinski definition) is 1. The van der Waals surface area contributed by atoms with E-state index >= 15 is 0 Å². The molecule has 1 heterocycles. The highest BCUT2D eigenvalue weighted by molar-refractivity contribution is 5.74. The fraction of sp³-hybridized carbons (Fsp3) is 0.318. The Kier molecular flexibility index (Phi) is 4.52. The van der Waals surface area contributed by atoms with E-state index in [9.17, 15) is 10.1 Å². The zero-order chi connectivity index (χ0) is 19.8. The van der Waals surface area contributed by atoms with Crippen molar-refractivity contribution in [2.75, 3.05) is 11.9 Å². The number of rotatable bonds is 4. The molecule has 0 saturated carbocycles. The summed E-state index contributed by atoms with van der Waals surface area (Å²) in [4.78, 5) is 11.4. The molecule has 2 aromatic carbocycles. The molecule has 6 heteroatoms. The van der Waals surface area contributed by atoms with Gasteiger partial charge in [-0.3, -0.25) is 10.1 Å². The van der Waals surface area contributed by atoms with Gasteiger partial charge >= 0.3 is 0 Å². The minimum Gasteiger partial charge on any atom is -0.479 e. The van der Waals surface area contributed by atoms with Crippen LogP contribution in [0.3, 0.4) is 0 Å². The largest absolute Gasteiger partial charge is 0.479 e. The van der Waals surface area contributed by atoms with Gasteiger partial charge in [0.1, 0.15) is 17.5 Å². The van der Waals surface area contributed by atoms with Crippen LogP contribution in [0.25, 0.3) is 0 Å². The third-order valence-corrected chi connectivity index (χ3v) is 5.89. The first-order valence-corrected chi connectivity index (χ1v) is 9.32. The number of allylic oxidation sites excluding steroid dienone is 2. The molecule has 1 N–H and O–H groups in total. The van der Waals surface area contributed by atoms with E-state index in [4.69, 9.17) is 10.00 Å². The summed E-state index contributed by atoms with van der Waals surface area (Å²) in [5.74, 6) is 1.10. The van der Waals surface area contributed by atoms with Gasteiger partial charge < -0.3 is 10.1 Å². The molecule has 0 bridgehead atoms. The minimum atomic E-state index is -0.298. The van der Waals surface area contributed by atoms with Gasteiger partial charge in [-0.15, -0.1) is 0 Å². The average molecular weight is 375 g/mol. The molecule has 0 fully saturated rings. The Balaban J connectivity index is 1.77. The van der Waals surface area contributed by atoms with Crippen LogP contribution in [-0.4, -0.2) is 11.5 Å². The second kappa shape index (κ2) is 7.01. The summed E-state index contributed by atoms with van der Waals surface area (Å²) in [6.45, 7) is 3.99. The topological polar surface area (TPSA) is 88.2 Å². The Morgan fingerprint density at radius 2 is 2.07 bits per heavy atom. The summed E-state index contributed by atoms with van der Waals surface area (Å²) in [5.41, 5.74) is 4.94. The number of benzene rings is 2. The zero-order valence-corrected chi connectivity index (χ0v) is 15.8. The lowest BCUT2D eigenvalue weighted by molar-refractivity contribution is -0.384. The van der Waals surface area contributed by atoms with Gasteiger partial charge in [-0.1, -0.05) is 24.3 Å².